The van der Waals surface area contributed by atoms with Crippen LogP contribution in [0.2, 0.25) is 0 Å². The molecule has 7 heteroatoms. The summed E-state index contributed by atoms with van der Waals surface area (Å²) < 4.78 is 16.5. The van der Waals surface area contributed by atoms with Gasteiger partial charge in [0.1, 0.15) is 6.10 Å². The Hall–Kier alpha value is -3.84. The molecule has 0 aromatic heterocycles. The van der Waals surface area contributed by atoms with Crippen LogP contribution in [0.3, 0.4) is 0 Å². The first-order chi connectivity index (χ1) is 17.1. The summed E-state index contributed by atoms with van der Waals surface area (Å²) >= 11 is 0. The minimum atomic E-state index is -0.337. The van der Waals surface area contributed by atoms with Gasteiger partial charge in [0.05, 0.1) is 5.56 Å². The van der Waals surface area contributed by atoms with Crippen LogP contribution in [-0.4, -0.2) is 54.6 Å². The number of hydrogen-bond acceptors (Lipinski definition) is 6. The van der Waals surface area contributed by atoms with E-state index in [1.807, 2.05) is 53.4 Å². The van der Waals surface area contributed by atoms with Crippen LogP contribution in [0.15, 0.2) is 66.7 Å². The third kappa shape index (κ3) is 4.35. The molecule has 0 N–H and O–H groups in total. The van der Waals surface area contributed by atoms with Gasteiger partial charge in [-0.2, -0.15) is 0 Å². The molecular weight excluding hydrogens is 444 g/mol. The normalized spacial score (nSPS) is 19.3. The van der Waals surface area contributed by atoms with Crippen LogP contribution in [0.25, 0.3) is 0 Å². The minimum Gasteiger partial charge on any atom is -0.454 e. The molecule has 3 aromatic carbocycles. The van der Waals surface area contributed by atoms with Crippen LogP contribution in [0.5, 0.6) is 11.5 Å². The summed E-state index contributed by atoms with van der Waals surface area (Å²) in [5, 5.41) is 0. The highest BCUT2D eigenvalue weighted by Gasteiger charge is 2.29. The summed E-state index contributed by atoms with van der Waals surface area (Å²) in [6.45, 7) is 4.00. The Morgan fingerprint density at radius 2 is 1.69 bits per heavy atom. The first-order valence-electron chi connectivity index (χ1n) is 11.9. The Morgan fingerprint density at radius 3 is 2.51 bits per heavy atom. The number of piperazine rings is 1. The standard InChI is InChI=1S/C28H26N2O5/c31-27(30-12-10-29(11-13-30)17-19-6-9-24-26(14-19)34-18-33-24)21-7-8-23-22(15-21)16-25(35-28(23)32)20-4-2-1-3-5-20/h1-9,14-15,25H,10-13,16-18H2. The van der Waals surface area contributed by atoms with Crippen LogP contribution in [0.1, 0.15) is 43.5 Å². The van der Waals surface area contributed by atoms with Crippen LogP contribution < -0.4 is 9.47 Å². The van der Waals surface area contributed by atoms with E-state index in [9.17, 15) is 9.59 Å². The fraction of sp³-hybridized carbons (Fsp3) is 0.286. The Labute approximate surface area is 203 Å². The van der Waals surface area contributed by atoms with E-state index < -0.39 is 0 Å². The van der Waals surface area contributed by atoms with Crippen LogP contribution >= 0.6 is 0 Å². The van der Waals surface area contributed by atoms with Gasteiger partial charge < -0.3 is 19.1 Å². The highest BCUT2D eigenvalue weighted by molar-refractivity contribution is 5.98. The van der Waals surface area contributed by atoms with Gasteiger partial charge in [-0.25, -0.2) is 4.79 Å². The van der Waals surface area contributed by atoms with Crippen molar-refractivity contribution in [1.29, 1.82) is 0 Å². The third-order valence-electron chi connectivity index (χ3n) is 6.90. The molecule has 178 valence electrons. The number of esters is 1. The van der Waals surface area contributed by atoms with Gasteiger partial charge in [-0.15, -0.1) is 0 Å². The zero-order valence-electron chi connectivity index (χ0n) is 19.3. The lowest BCUT2D eigenvalue weighted by molar-refractivity contribution is 0.0252. The molecule has 1 amide bonds. The minimum absolute atomic E-state index is 0.00531. The van der Waals surface area contributed by atoms with Gasteiger partial charge in [-0.1, -0.05) is 36.4 Å². The molecule has 1 saturated heterocycles. The quantitative estimate of drug-likeness (QED) is 0.540. The van der Waals surface area contributed by atoms with Crippen LogP contribution in [0.4, 0.5) is 0 Å². The predicted octanol–water partition coefficient (Wildman–Crippen LogP) is 3.83. The largest absolute Gasteiger partial charge is 0.454 e. The van der Waals surface area contributed by atoms with Gasteiger partial charge in [0.25, 0.3) is 5.91 Å². The van der Waals surface area contributed by atoms with E-state index in [2.05, 4.69) is 11.0 Å². The molecule has 0 radical (unpaired) electrons. The monoisotopic (exact) mass is 470 g/mol. The molecule has 3 aliphatic rings. The molecule has 3 heterocycles. The van der Waals surface area contributed by atoms with Crippen molar-refractivity contribution in [2.24, 2.45) is 0 Å². The fourth-order valence-corrected chi connectivity index (χ4v) is 4.97. The van der Waals surface area contributed by atoms with Crippen molar-refractivity contribution in [2.75, 3.05) is 33.0 Å². The highest BCUT2D eigenvalue weighted by atomic mass is 16.7. The fourth-order valence-electron chi connectivity index (χ4n) is 4.97. The van der Waals surface area contributed by atoms with E-state index in [1.165, 1.54) is 5.56 Å². The summed E-state index contributed by atoms with van der Waals surface area (Å²) in [5.41, 5.74) is 4.16. The molecule has 7 nitrogen and oxygen atoms in total. The van der Waals surface area contributed by atoms with E-state index in [1.54, 1.807) is 12.1 Å². The van der Waals surface area contributed by atoms with Crippen molar-refractivity contribution < 1.29 is 23.8 Å². The molecule has 35 heavy (non-hydrogen) atoms. The van der Waals surface area contributed by atoms with E-state index in [0.29, 0.717) is 30.6 Å². The maximum atomic E-state index is 13.3. The molecule has 0 saturated carbocycles. The lowest BCUT2D eigenvalue weighted by Crippen LogP contribution is -2.48. The summed E-state index contributed by atoms with van der Waals surface area (Å²) in [5.74, 6) is 1.25. The summed E-state index contributed by atoms with van der Waals surface area (Å²) in [4.78, 5) is 30.1. The van der Waals surface area contributed by atoms with Crippen molar-refractivity contribution in [3.05, 3.63) is 94.5 Å². The molecule has 0 bridgehead atoms. The predicted molar refractivity (Wildman–Crippen MR) is 128 cm³/mol. The number of carbonyl (C=O) groups excluding carboxylic acids is 2. The molecule has 0 spiro atoms. The molecule has 3 aliphatic heterocycles. The molecular formula is C28H26N2O5. The third-order valence-corrected chi connectivity index (χ3v) is 6.90. The highest BCUT2D eigenvalue weighted by Crippen LogP contribution is 2.33. The summed E-state index contributed by atoms with van der Waals surface area (Å²) in [6, 6.07) is 21.1. The lowest BCUT2D eigenvalue weighted by atomic mass is 9.93. The van der Waals surface area contributed by atoms with E-state index in [-0.39, 0.29) is 24.8 Å². The average Bonchev–Trinajstić information content (AvgIpc) is 3.37. The van der Waals surface area contributed by atoms with E-state index >= 15 is 0 Å². The van der Waals surface area contributed by atoms with Gasteiger partial charge >= 0.3 is 5.97 Å². The number of cyclic esters (lactones) is 1. The van der Waals surface area contributed by atoms with Crippen LogP contribution in [-0.2, 0) is 17.7 Å². The van der Waals surface area contributed by atoms with Gasteiger partial charge in [-0.3, -0.25) is 9.69 Å². The lowest BCUT2D eigenvalue weighted by Gasteiger charge is -2.35. The van der Waals surface area contributed by atoms with E-state index in [0.717, 1.165) is 42.3 Å². The second-order valence-corrected chi connectivity index (χ2v) is 9.14. The molecule has 1 fully saturated rings. The second kappa shape index (κ2) is 9.07. The number of ether oxygens (including phenoxy) is 3. The zero-order valence-corrected chi connectivity index (χ0v) is 19.3. The number of nitrogens with zero attached hydrogens (tertiary/aromatic N) is 2. The Kier molecular flexibility index (Phi) is 5.62. The molecule has 0 aliphatic carbocycles. The van der Waals surface area contributed by atoms with Crippen molar-refractivity contribution in [1.82, 2.24) is 9.80 Å². The van der Waals surface area contributed by atoms with Gasteiger partial charge in [0.2, 0.25) is 6.79 Å². The first kappa shape index (κ1) is 21.7. The van der Waals surface area contributed by atoms with Gasteiger partial charge in [-0.05, 0) is 47.0 Å². The van der Waals surface area contributed by atoms with Crippen molar-refractivity contribution in [3.63, 3.8) is 0 Å². The van der Waals surface area contributed by atoms with Gasteiger partial charge in [0.15, 0.2) is 11.5 Å². The van der Waals surface area contributed by atoms with Crippen molar-refractivity contribution in [3.8, 4) is 11.5 Å². The summed E-state index contributed by atoms with van der Waals surface area (Å²) in [6.07, 6.45) is 0.233. The molecule has 1 atom stereocenters. The molecule has 3 aromatic rings. The Morgan fingerprint density at radius 1 is 0.886 bits per heavy atom. The summed E-state index contributed by atoms with van der Waals surface area (Å²) in [7, 11) is 0. The molecule has 1 unspecified atom stereocenters. The SMILES string of the molecule is O=C1OC(c2ccccc2)Cc2cc(C(=O)N3CCN(Cc4ccc5c(c4)OCO5)CC3)ccc21. The Bertz CT molecular complexity index is 1270. The maximum Gasteiger partial charge on any atom is 0.339 e. The average molecular weight is 471 g/mol. The number of carbonyl (C=O) groups is 2. The number of amides is 1. The zero-order chi connectivity index (χ0) is 23.8. The number of fused-ring (bicyclic) bond motifs is 2. The Balaban J connectivity index is 1.10. The number of rotatable bonds is 4. The smallest absolute Gasteiger partial charge is 0.339 e. The number of hydrogen-bond donors (Lipinski definition) is 0. The second-order valence-electron chi connectivity index (χ2n) is 9.14. The topological polar surface area (TPSA) is 68.3 Å². The first-order valence-corrected chi connectivity index (χ1v) is 11.9. The molecule has 6 rings (SSSR count). The van der Waals surface area contributed by atoms with Gasteiger partial charge in [0, 0.05) is 44.7 Å². The van der Waals surface area contributed by atoms with Crippen LogP contribution in [0, 0.1) is 0 Å². The number of benzene rings is 3. The van der Waals surface area contributed by atoms with Crippen molar-refractivity contribution in [2.45, 2.75) is 19.1 Å². The van der Waals surface area contributed by atoms with E-state index in [4.69, 9.17) is 14.2 Å². The maximum absolute atomic E-state index is 13.3. The van der Waals surface area contributed by atoms with Crippen molar-refractivity contribution >= 4 is 11.9 Å².